The molecule has 0 amide bonds. The fourth-order valence-corrected chi connectivity index (χ4v) is 2.67. The molecule has 17 heavy (non-hydrogen) atoms. The minimum absolute atomic E-state index is 0.0671. The Hall–Kier alpha value is -1.58. The number of rotatable bonds is 2. The van der Waals surface area contributed by atoms with Gasteiger partial charge in [-0.3, -0.25) is 4.79 Å². The highest BCUT2D eigenvalue weighted by Gasteiger charge is 2.24. The van der Waals surface area contributed by atoms with Gasteiger partial charge in [0.15, 0.2) is 0 Å². The maximum absolute atomic E-state index is 11.7. The molecule has 1 saturated carbocycles. The fraction of sp³-hybridized carbons (Fsp3) is 0.538. The summed E-state index contributed by atoms with van der Waals surface area (Å²) in [5.74, 6) is -0.886. The van der Waals surface area contributed by atoms with Crippen LogP contribution in [0, 0.1) is 6.92 Å². The zero-order valence-electron chi connectivity index (χ0n) is 9.95. The Bertz CT molecular complexity index is 484. The normalized spacial score (nSPS) is 17.0. The molecule has 2 rings (SSSR count). The molecule has 1 aromatic heterocycles. The third-order valence-corrected chi connectivity index (χ3v) is 3.46. The number of hydrogen-bond donors (Lipinski definition) is 2. The number of aromatic nitrogens is 1. The number of nitrogens with one attached hydrogen (secondary N) is 1. The Morgan fingerprint density at radius 1 is 1.35 bits per heavy atom. The first-order valence-corrected chi connectivity index (χ1v) is 6.06. The van der Waals surface area contributed by atoms with Crippen molar-refractivity contribution < 1.29 is 9.90 Å². The Morgan fingerprint density at radius 3 is 2.59 bits per heavy atom. The van der Waals surface area contributed by atoms with Crippen LogP contribution in [0.1, 0.15) is 59.6 Å². The molecule has 92 valence electrons. The van der Waals surface area contributed by atoms with Crippen molar-refractivity contribution in [3.63, 3.8) is 0 Å². The number of carboxylic acid groups (broad SMARTS) is 1. The van der Waals surface area contributed by atoms with Gasteiger partial charge in [0.1, 0.15) is 5.56 Å². The van der Waals surface area contributed by atoms with Gasteiger partial charge in [0.25, 0.3) is 5.56 Å². The van der Waals surface area contributed by atoms with E-state index in [9.17, 15) is 9.59 Å². The van der Waals surface area contributed by atoms with Gasteiger partial charge in [-0.25, -0.2) is 4.79 Å². The molecule has 0 atom stereocenters. The van der Waals surface area contributed by atoms with E-state index < -0.39 is 11.5 Å². The number of carbonyl (C=O) groups is 1. The highest BCUT2D eigenvalue weighted by Crippen LogP contribution is 2.33. The summed E-state index contributed by atoms with van der Waals surface area (Å²) in [7, 11) is 0. The lowest BCUT2D eigenvalue weighted by Crippen LogP contribution is -2.23. The number of hydrogen-bond acceptors (Lipinski definition) is 2. The molecule has 1 aliphatic carbocycles. The first kappa shape index (κ1) is 11.9. The van der Waals surface area contributed by atoms with Crippen molar-refractivity contribution in [2.75, 3.05) is 0 Å². The number of pyridine rings is 1. The van der Waals surface area contributed by atoms with Gasteiger partial charge in [0.05, 0.1) is 0 Å². The van der Waals surface area contributed by atoms with Crippen LogP contribution in [0.15, 0.2) is 10.9 Å². The standard InChI is InChI=1S/C13H17NO3/c1-8-7-10(9-5-3-2-4-6-9)11(13(16)17)12(15)14-8/h7,9H,2-6H2,1H3,(H,14,15)(H,16,17). The third kappa shape index (κ3) is 2.40. The number of aryl methyl sites for hydroxylation is 1. The molecular weight excluding hydrogens is 218 g/mol. The molecule has 0 aromatic carbocycles. The first-order valence-electron chi connectivity index (χ1n) is 6.06. The van der Waals surface area contributed by atoms with Crippen molar-refractivity contribution in [2.24, 2.45) is 0 Å². The minimum Gasteiger partial charge on any atom is -0.477 e. The van der Waals surface area contributed by atoms with Crippen LogP contribution in [-0.2, 0) is 0 Å². The summed E-state index contributed by atoms with van der Waals surface area (Å²) in [5.41, 5.74) is 0.916. The smallest absolute Gasteiger partial charge is 0.341 e. The Balaban J connectivity index is 2.50. The van der Waals surface area contributed by atoms with E-state index in [1.165, 1.54) is 6.42 Å². The van der Waals surface area contributed by atoms with Crippen LogP contribution in [0.4, 0.5) is 0 Å². The van der Waals surface area contributed by atoms with E-state index >= 15 is 0 Å². The highest BCUT2D eigenvalue weighted by atomic mass is 16.4. The van der Waals surface area contributed by atoms with Crippen molar-refractivity contribution in [3.05, 3.63) is 33.2 Å². The van der Waals surface area contributed by atoms with Gasteiger partial charge in [0, 0.05) is 5.69 Å². The number of aromatic carboxylic acids is 1. The van der Waals surface area contributed by atoms with Crippen molar-refractivity contribution in [3.8, 4) is 0 Å². The molecule has 1 aliphatic rings. The van der Waals surface area contributed by atoms with Gasteiger partial charge in [-0.1, -0.05) is 19.3 Å². The average molecular weight is 235 g/mol. The maximum Gasteiger partial charge on any atom is 0.341 e. The van der Waals surface area contributed by atoms with E-state index in [1.54, 1.807) is 6.92 Å². The van der Waals surface area contributed by atoms with Crippen molar-refractivity contribution in [2.45, 2.75) is 44.9 Å². The Labute approximate surface area is 99.7 Å². The van der Waals surface area contributed by atoms with Gasteiger partial charge < -0.3 is 10.1 Å². The summed E-state index contributed by atoms with van der Waals surface area (Å²) in [6, 6.07) is 1.82. The van der Waals surface area contributed by atoms with Gasteiger partial charge in [-0.05, 0) is 37.3 Å². The summed E-state index contributed by atoms with van der Waals surface area (Å²) in [6.45, 7) is 1.79. The largest absolute Gasteiger partial charge is 0.477 e. The lowest BCUT2D eigenvalue weighted by molar-refractivity contribution is 0.0692. The molecule has 0 spiro atoms. The molecule has 0 saturated heterocycles. The predicted molar refractivity (Wildman–Crippen MR) is 64.6 cm³/mol. The Morgan fingerprint density at radius 2 is 2.00 bits per heavy atom. The van der Waals surface area contributed by atoms with E-state index in [0.717, 1.165) is 36.9 Å². The molecule has 1 aromatic rings. The zero-order chi connectivity index (χ0) is 12.4. The van der Waals surface area contributed by atoms with Gasteiger partial charge in [0.2, 0.25) is 0 Å². The number of carboxylic acids is 1. The summed E-state index contributed by atoms with van der Waals surface area (Å²) in [5, 5.41) is 9.15. The van der Waals surface area contributed by atoms with Crippen LogP contribution in [-0.4, -0.2) is 16.1 Å². The van der Waals surface area contributed by atoms with E-state index in [-0.39, 0.29) is 11.5 Å². The third-order valence-electron chi connectivity index (χ3n) is 3.46. The van der Waals surface area contributed by atoms with Crippen molar-refractivity contribution >= 4 is 5.97 Å². The number of H-pyrrole nitrogens is 1. The van der Waals surface area contributed by atoms with Crippen LogP contribution in [0.25, 0.3) is 0 Å². The molecular formula is C13H17NO3. The second-order valence-corrected chi connectivity index (χ2v) is 4.75. The van der Waals surface area contributed by atoms with Crippen molar-refractivity contribution in [1.29, 1.82) is 0 Å². The van der Waals surface area contributed by atoms with Crippen LogP contribution < -0.4 is 5.56 Å². The topological polar surface area (TPSA) is 70.2 Å². The lowest BCUT2D eigenvalue weighted by Gasteiger charge is -2.23. The van der Waals surface area contributed by atoms with E-state index in [0.29, 0.717) is 0 Å². The maximum atomic E-state index is 11.7. The quantitative estimate of drug-likeness (QED) is 0.827. The second-order valence-electron chi connectivity index (χ2n) is 4.75. The summed E-state index contributed by atoms with van der Waals surface area (Å²) >= 11 is 0. The monoisotopic (exact) mass is 235 g/mol. The summed E-state index contributed by atoms with van der Waals surface area (Å²) < 4.78 is 0. The highest BCUT2D eigenvalue weighted by molar-refractivity contribution is 5.89. The number of aromatic amines is 1. The summed E-state index contributed by atoms with van der Waals surface area (Å²) in [6.07, 6.45) is 5.43. The van der Waals surface area contributed by atoms with Gasteiger partial charge in [-0.15, -0.1) is 0 Å². The van der Waals surface area contributed by atoms with Gasteiger partial charge >= 0.3 is 5.97 Å². The van der Waals surface area contributed by atoms with Crippen LogP contribution in [0.5, 0.6) is 0 Å². The molecule has 1 fully saturated rings. The minimum atomic E-state index is -1.12. The van der Waals surface area contributed by atoms with Crippen LogP contribution in [0.2, 0.25) is 0 Å². The van der Waals surface area contributed by atoms with Crippen molar-refractivity contribution in [1.82, 2.24) is 4.98 Å². The lowest BCUT2D eigenvalue weighted by atomic mass is 9.82. The van der Waals surface area contributed by atoms with Crippen LogP contribution in [0.3, 0.4) is 0 Å². The molecule has 4 nitrogen and oxygen atoms in total. The van der Waals surface area contributed by atoms with Gasteiger partial charge in [-0.2, -0.15) is 0 Å². The zero-order valence-corrected chi connectivity index (χ0v) is 9.95. The molecule has 1 heterocycles. The predicted octanol–water partition coefficient (Wildman–Crippen LogP) is 2.43. The second kappa shape index (κ2) is 4.73. The molecule has 0 aliphatic heterocycles. The summed E-state index contributed by atoms with van der Waals surface area (Å²) in [4.78, 5) is 25.4. The van der Waals surface area contributed by atoms with E-state index in [2.05, 4.69) is 4.98 Å². The molecule has 2 N–H and O–H groups in total. The average Bonchev–Trinajstić information content (AvgIpc) is 2.28. The van der Waals surface area contributed by atoms with Crippen LogP contribution >= 0.6 is 0 Å². The fourth-order valence-electron chi connectivity index (χ4n) is 2.67. The van der Waals surface area contributed by atoms with E-state index in [4.69, 9.17) is 5.11 Å². The Kier molecular flexibility index (Phi) is 3.31. The molecule has 4 heteroatoms. The molecule has 0 bridgehead atoms. The first-order chi connectivity index (χ1) is 8.09. The molecule has 0 unspecified atom stereocenters. The SMILES string of the molecule is Cc1cc(C2CCCCC2)c(C(=O)O)c(=O)[nH]1. The van der Waals surface area contributed by atoms with E-state index in [1.807, 2.05) is 6.07 Å². The molecule has 0 radical (unpaired) electrons.